The van der Waals surface area contributed by atoms with Gasteiger partial charge in [-0.2, -0.15) is 5.10 Å². The SMILES string of the molecule is Cc1nn(C)c2ncc(C(=O)OCC(=O)Nc3ccc(Br)cc3F)cc12. The molecule has 2 aromatic heterocycles. The Kier molecular flexibility index (Phi) is 4.99. The Morgan fingerprint density at radius 3 is 2.85 bits per heavy atom. The highest BCUT2D eigenvalue weighted by atomic mass is 79.9. The molecule has 0 aliphatic heterocycles. The summed E-state index contributed by atoms with van der Waals surface area (Å²) in [5.74, 6) is -1.94. The molecule has 0 radical (unpaired) electrons. The van der Waals surface area contributed by atoms with Crippen molar-refractivity contribution >= 4 is 44.5 Å². The van der Waals surface area contributed by atoms with Gasteiger partial charge in [-0.25, -0.2) is 14.2 Å². The average molecular weight is 421 g/mol. The van der Waals surface area contributed by atoms with Gasteiger partial charge in [0.05, 0.1) is 16.9 Å². The van der Waals surface area contributed by atoms with Crippen molar-refractivity contribution in [3.63, 3.8) is 0 Å². The predicted molar refractivity (Wildman–Crippen MR) is 96.3 cm³/mol. The van der Waals surface area contributed by atoms with Gasteiger partial charge in [-0.1, -0.05) is 15.9 Å². The molecule has 2 heterocycles. The van der Waals surface area contributed by atoms with Crippen LogP contribution < -0.4 is 5.32 Å². The summed E-state index contributed by atoms with van der Waals surface area (Å²) in [5.41, 5.74) is 1.58. The van der Waals surface area contributed by atoms with Crippen molar-refractivity contribution in [2.45, 2.75) is 6.92 Å². The maximum absolute atomic E-state index is 13.7. The molecule has 1 amide bonds. The van der Waals surface area contributed by atoms with Gasteiger partial charge < -0.3 is 10.1 Å². The number of hydrogen-bond donors (Lipinski definition) is 1. The lowest BCUT2D eigenvalue weighted by Crippen LogP contribution is -2.21. The van der Waals surface area contributed by atoms with Crippen molar-refractivity contribution in [1.29, 1.82) is 0 Å². The number of hydrogen-bond acceptors (Lipinski definition) is 5. The number of amides is 1. The van der Waals surface area contributed by atoms with Crippen LogP contribution in [0.4, 0.5) is 10.1 Å². The predicted octanol–water partition coefficient (Wildman–Crippen LogP) is 2.97. The maximum atomic E-state index is 13.7. The second-order valence-electron chi connectivity index (χ2n) is 5.55. The van der Waals surface area contributed by atoms with Crippen LogP contribution in [0.25, 0.3) is 11.0 Å². The zero-order chi connectivity index (χ0) is 18.8. The number of fused-ring (bicyclic) bond motifs is 1. The first kappa shape index (κ1) is 18.0. The molecule has 26 heavy (non-hydrogen) atoms. The van der Waals surface area contributed by atoms with Crippen LogP contribution in [-0.2, 0) is 16.6 Å². The molecule has 0 saturated carbocycles. The fourth-order valence-electron chi connectivity index (χ4n) is 2.41. The van der Waals surface area contributed by atoms with Crippen molar-refractivity contribution < 1.29 is 18.7 Å². The summed E-state index contributed by atoms with van der Waals surface area (Å²) < 4.78 is 20.8. The number of esters is 1. The lowest BCUT2D eigenvalue weighted by atomic mass is 10.2. The molecule has 9 heteroatoms. The lowest BCUT2D eigenvalue weighted by Gasteiger charge is -2.08. The quantitative estimate of drug-likeness (QED) is 0.655. The topological polar surface area (TPSA) is 86.1 Å². The van der Waals surface area contributed by atoms with Crippen LogP contribution in [0, 0.1) is 12.7 Å². The molecule has 0 saturated heterocycles. The third-order valence-electron chi connectivity index (χ3n) is 3.64. The molecule has 0 aliphatic carbocycles. The van der Waals surface area contributed by atoms with Gasteiger partial charge in [0.25, 0.3) is 5.91 Å². The van der Waals surface area contributed by atoms with Crippen molar-refractivity contribution in [1.82, 2.24) is 14.8 Å². The van der Waals surface area contributed by atoms with Gasteiger partial charge in [0.15, 0.2) is 12.3 Å². The molecule has 0 fully saturated rings. The molecule has 0 atom stereocenters. The van der Waals surface area contributed by atoms with E-state index in [2.05, 4.69) is 31.3 Å². The van der Waals surface area contributed by atoms with E-state index < -0.39 is 24.3 Å². The number of rotatable bonds is 4. The van der Waals surface area contributed by atoms with Crippen LogP contribution in [0.15, 0.2) is 34.9 Å². The number of benzene rings is 1. The van der Waals surface area contributed by atoms with Crippen molar-refractivity contribution in [3.05, 3.63) is 52.0 Å². The Balaban J connectivity index is 1.65. The Labute approximate surface area is 156 Å². The van der Waals surface area contributed by atoms with E-state index in [-0.39, 0.29) is 11.3 Å². The highest BCUT2D eigenvalue weighted by Gasteiger charge is 2.15. The fraction of sp³-hybridized carbons (Fsp3) is 0.176. The third-order valence-corrected chi connectivity index (χ3v) is 4.13. The van der Waals surface area contributed by atoms with E-state index in [0.717, 1.165) is 11.1 Å². The Morgan fingerprint density at radius 1 is 1.35 bits per heavy atom. The van der Waals surface area contributed by atoms with Gasteiger partial charge in [0.1, 0.15) is 5.82 Å². The largest absolute Gasteiger partial charge is 0.452 e. The molecule has 3 aromatic rings. The number of ether oxygens (including phenoxy) is 1. The molecule has 0 aliphatic rings. The summed E-state index contributed by atoms with van der Waals surface area (Å²) in [6.45, 7) is 1.26. The number of aromatic nitrogens is 3. The molecule has 134 valence electrons. The van der Waals surface area contributed by atoms with E-state index in [4.69, 9.17) is 4.74 Å². The molecule has 7 nitrogen and oxygen atoms in total. The number of carbonyl (C=O) groups is 2. The Bertz CT molecular complexity index is 1020. The summed E-state index contributed by atoms with van der Waals surface area (Å²) in [4.78, 5) is 28.2. The Hall–Kier alpha value is -2.81. The highest BCUT2D eigenvalue weighted by Crippen LogP contribution is 2.19. The molecule has 1 N–H and O–H groups in total. The number of aryl methyl sites for hydroxylation is 2. The van der Waals surface area contributed by atoms with Gasteiger partial charge in [-0.3, -0.25) is 9.48 Å². The zero-order valence-electron chi connectivity index (χ0n) is 13.9. The molecule has 0 bridgehead atoms. The van der Waals surface area contributed by atoms with Gasteiger partial charge in [-0.05, 0) is 31.2 Å². The summed E-state index contributed by atoms with van der Waals surface area (Å²) in [5, 5.41) is 7.30. The van der Waals surface area contributed by atoms with Gasteiger partial charge >= 0.3 is 5.97 Å². The lowest BCUT2D eigenvalue weighted by molar-refractivity contribution is -0.119. The van der Waals surface area contributed by atoms with E-state index in [1.165, 1.54) is 18.3 Å². The van der Waals surface area contributed by atoms with E-state index in [9.17, 15) is 14.0 Å². The summed E-state index contributed by atoms with van der Waals surface area (Å²) in [6, 6.07) is 5.82. The molecular weight excluding hydrogens is 407 g/mol. The minimum Gasteiger partial charge on any atom is -0.452 e. The standard InChI is InChI=1S/C17H14BrFN4O3/c1-9-12-5-10(7-20-16(12)23(2)22-9)17(25)26-8-15(24)21-14-4-3-11(18)6-13(14)19/h3-7H,8H2,1-2H3,(H,21,24). The summed E-state index contributed by atoms with van der Waals surface area (Å²) in [6.07, 6.45) is 1.36. The number of nitrogens with one attached hydrogen (secondary N) is 1. The van der Waals surface area contributed by atoms with E-state index in [1.807, 2.05) is 0 Å². The van der Waals surface area contributed by atoms with Crippen LogP contribution in [0.3, 0.4) is 0 Å². The Morgan fingerprint density at radius 2 is 2.12 bits per heavy atom. The first-order valence-corrected chi connectivity index (χ1v) is 8.36. The van der Waals surface area contributed by atoms with E-state index >= 15 is 0 Å². The van der Waals surface area contributed by atoms with E-state index in [0.29, 0.717) is 10.1 Å². The van der Waals surface area contributed by atoms with Gasteiger partial charge in [-0.15, -0.1) is 0 Å². The highest BCUT2D eigenvalue weighted by molar-refractivity contribution is 9.10. The monoisotopic (exact) mass is 420 g/mol. The number of nitrogens with zero attached hydrogens (tertiary/aromatic N) is 3. The average Bonchev–Trinajstić information content (AvgIpc) is 2.89. The van der Waals surface area contributed by atoms with Crippen LogP contribution in [0.5, 0.6) is 0 Å². The molecule has 1 aromatic carbocycles. The van der Waals surface area contributed by atoms with Gasteiger partial charge in [0.2, 0.25) is 0 Å². The van der Waals surface area contributed by atoms with Crippen LogP contribution >= 0.6 is 15.9 Å². The normalized spacial score (nSPS) is 10.8. The molecular formula is C17H14BrFN4O3. The number of carbonyl (C=O) groups excluding carboxylic acids is 2. The minimum atomic E-state index is -0.700. The van der Waals surface area contributed by atoms with Crippen LogP contribution in [0.1, 0.15) is 16.1 Å². The molecule has 3 rings (SSSR count). The third kappa shape index (κ3) is 3.72. The number of pyridine rings is 1. The summed E-state index contributed by atoms with van der Waals surface area (Å²) in [7, 11) is 1.76. The zero-order valence-corrected chi connectivity index (χ0v) is 15.5. The molecule has 0 spiro atoms. The first-order valence-electron chi connectivity index (χ1n) is 7.56. The molecule has 0 unspecified atom stereocenters. The van der Waals surface area contributed by atoms with Crippen LogP contribution in [0.2, 0.25) is 0 Å². The van der Waals surface area contributed by atoms with Gasteiger partial charge in [0, 0.05) is 23.1 Å². The number of halogens is 2. The smallest absolute Gasteiger partial charge is 0.340 e. The number of anilines is 1. The van der Waals surface area contributed by atoms with E-state index in [1.54, 1.807) is 30.8 Å². The van der Waals surface area contributed by atoms with Crippen molar-refractivity contribution in [2.75, 3.05) is 11.9 Å². The maximum Gasteiger partial charge on any atom is 0.340 e. The van der Waals surface area contributed by atoms with Crippen molar-refractivity contribution in [2.24, 2.45) is 7.05 Å². The second kappa shape index (κ2) is 7.20. The minimum absolute atomic E-state index is 0.00307. The first-order chi connectivity index (χ1) is 12.3. The van der Waals surface area contributed by atoms with Crippen molar-refractivity contribution in [3.8, 4) is 0 Å². The summed E-state index contributed by atoms with van der Waals surface area (Å²) >= 11 is 3.13. The van der Waals surface area contributed by atoms with Crippen LogP contribution in [-0.4, -0.2) is 33.2 Å². The second-order valence-corrected chi connectivity index (χ2v) is 6.47. The fourth-order valence-corrected chi connectivity index (χ4v) is 2.74.